The van der Waals surface area contributed by atoms with Gasteiger partial charge in [-0.2, -0.15) is 0 Å². The average Bonchev–Trinajstić information content (AvgIpc) is 2.80. The number of fused-ring (bicyclic) bond motifs is 3. The molecule has 3 aromatic carbocycles. The molecule has 3 heteroatoms. The van der Waals surface area contributed by atoms with Crippen LogP contribution in [0.5, 0.6) is 0 Å². The summed E-state index contributed by atoms with van der Waals surface area (Å²) in [5, 5.41) is 0. The molecule has 0 N–H and O–H groups in total. The van der Waals surface area contributed by atoms with Crippen molar-refractivity contribution in [2.45, 2.75) is 17.6 Å². The molecule has 4 rings (SSSR count). The fraction of sp³-hybridized carbons (Fsp3) is 0.217. The fourth-order valence-electron chi connectivity index (χ4n) is 3.37. The van der Waals surface area contributed by atoms with Gasteiger partial charge >= 0.3 is 166 Å². The van der Waals surface area contributed by atoms with E-state index < -0.39 is 0 Å². The van der Waals surface area contributed by atoms with Gasteiger partial charge in [-0.15, -0.1) is 0 Å². The molecule has 134 valence electrons. The molecule has 1 atom stereocenters. The summed E-state index contributed by atoms with van der Waals surface area (Å²) in [5.41, 5.74) is 5.34. The van der Waals surface area contributed by atoms with E-state index in [2.05, 4.69) is 84.6 Å². The third-order valence-corrected chi connectivity index (χ3v) is 7.86. The standard InChI is InChI=1S/C23H23INO/c1-18-24-22-13-7-5-11-20(22)21-12-6-8-14-23(21)25(18)15-16-26-17-19-9-3-2-4-10-19/h2-14,18H,15-17H2,1H3/q-1. The first-order chi connectivity index (χ1) is 12.8. The molecule has 1 aliphatic heterocycles. The number of hydrogen-bond donors (Lipinski definition) is 0. The van der Waals surface area contributed by atoms with Crippen molar-refractivity contribution in [3.05, 3.63) is 88.0 Å². The maximum atomic E-state index is 5.97. The molecule has 2 nitrogen and oxygen atoms in total. The number of alkyl halides is 1. The molecule has 0 aliphatic carbocycles. The molecule has 26 heavy (non-hydrogen) atoms. The van der Waals surface area contributed by atoms with Crippen LogP contribution in [0.2, 0.25) is 0 Å². The Kier molecular flexibility index (Phi) is 5.56. The predicted molar refractivity (Wildman–Crippen MR) is 103 cm³/mol. The molecule has 1 heterocycles. The predicted octanol–water partition coefficient (Wildman–Crippen LogP) is 1.99. The molecule has 0 saturated carbocycles. The van der Waals surface area contributed by atoms with Crippen LogP contribution >= 0.6 is 0 Å². The van der Waals surface area contributed by atoms with Crippen molar-refractivity contribution in [2.24, 2.45) is 0 Å². The summed E-state index contributed by atoms with van der Waals surface area (Å²) in [5.74, 6) is 0. The summed E-state index contributed by atoms with van der Waals surface area (Å²) in [4.78, 5) is 2.55. The number of rotatable bonds is 5. The van der Waals surface area contributed by atoms with E-state index in [4.69, 9.17) is 4.74 Å². The monoisotopic (exact) mass is 456 g/mol. The number of anilines is 1. The van der Waals surface area contributed by atoms with Gasteiger partial charge in [-0.3, -0.25) is 0 Å². The van der Waals surface area contributed by atoms with Gasteiger partial charge in [0.05, 0.1) is 0 Å². The van der Waals surface area contributed by atoms with Crippen molar-refractivity contribution in [3.63, 3.8) is 0 Å². The maximum absolute atomic E-state index is 5.97. The Labute approximate surface area is 166 Å². The first-order valence-corrected chi connectivity index (χ1v) is 11.4. The van der Waals surface area contributed by atoms with Crippen LogP contribution in [0.1, 0.15) is 12.5 Å². The van der Waals surface area contributed by atoms with Crippen LogP contribution in [-0.2, 0) is 11.3 Å². The van der Waals surface area contributed by atoms with Crippen molar-refractivity contribution in [1.82, 2.24) is 0 Å². The topological polar surface area (TPSA) is 12.5 Å². The van der Waals surface area contributed by atoms with E-state index in [1.807, 2.05) is 6.07 Å². The Morgan fingerprint density at radius 3 is 2.38 bits per heavy atom. The van der Waals surface area contributed by atoms with Crippen molar-refractivity contribution in [3.8, 4) is 11.1 Å². The number of nitrogens with zero attached hydrogens (tertiary/aromatic N) is 1. The molecule has 0 bridgehead atoms. The SMILES string of the molecule is CC1[I-]c2ccccc2-c2ccccc2N1CCOCc1ccccc1. The summed E-state index contributed by atoms with van der Waals surface area (Å²) < 4.78 is 8.07. The summed E-state index contributed by atoms with van der Waals surface area (Å²) in [7, 11) is 0. The van der Waals surface area contributed by atoms with Gasteiger partial charge in [0.25, 0.3) is 0 Å². The van der Waals surface area contributed by atoms with Crippen molar-refractivity contribution in [1.29, 1.82) is 0 Å². The first-order valence-electron chi connectivity index (χ1n) is 9.03. The van der Waals surface area contributed by atoms with Crippen LogP contribution in [0.15, 0.2) is 78.9 Å². The molecule has 1 aliphatic rings. The van der Waals surface area contributed by atoms with Gasteiger partial charge in [-0.25, -0.2) is 0 Å². The van der Waals surface area contributed by atoms with Gasteiger partial charge in [-0.05, 0) is 0 Å². The minimum atomic E-state index is -0.0802. The van der Waals surface area contributed by atoms with Gasteiger partial charge in [0.2, 0.25) is 0 Å². The van der Waals surface area contributed by atoms with Crippen molar-refractivity contribution in [2.75, 3.05) is 18.1 Å². The second-order valence-corrected chi connectivity index (χ2v) is 10.00. The molecule has 0 saturated heterocycles. The first kappa shape index (κ1) is 17.6. The van der Waals surface area contributed by atoms with E-state index in [-0.39, 0.29) is 21.2 Å². The van der Waals surface area contributed by atoms with Gasteiger partial charge in [-0.1, -0.05) is 0 Å². The molecule has 0 aromatic heterocycles. The number of benzene rings is 3. The van der Waals surface area contributed by atoms with E-state index in [1.54, 1.807) is 3.57 Å². The third kappa shape index (κ3) is 3.79. The second kappa shape index (κ2) is 8.23. The number of ether oxygens (including phenoxy) is 1. The Balaban J connectivity index is 1.51. The molecule has 0 amide bonds. The Hall–Kier alpha value is -1.85. The van der Waals surface area contributed by atoms with Crippen LogP contribution in [-0.4, -0.2) is 17.2 Å². The Bertz CT molecular complexity index is 865. The molecule has 0 fully saturated rings. The zero-order valence-corrected chi connectivity index (χ0v) is 17.1. The summed E-state index contributed by atoms with van der Waals surface area (Å²) in [6.07, 6.45) is 0. The van der Waals surface area contributed by atoms with E-state index in [0.29, 0.717) is 10.7 Å². The van der Waals surface area contributed by atoms with Crippen molar-refractivity contribution < 1.29 is 25.9 Å². The van der Waals surface area contributed by atoms with E-state index in [1.165, 1.54) is 22.4 Å². The Morgan fingerprint density at radius 1 is 0.846 bits per heavy atom. The summed E-state index contributed by atoms with van der Waals surface area (Å²) in [6.45, 7) is 4.72. The van der Waals surface area contributed by atoms with Gasteiger partial charge < -0.3 is 0 Å². The summed E-state index contributed by atoms with van der Waals surface area (Å²) in [6, 6.07) is 28.1. The quantitative estimate of drug-likeness (QED) is 0.252. The summed E-state index contributed by atoms with van der Waals surface area (Å²) >= 11 is -0.0802. The van der Waals surface area contributed by atoms with Crippen LogP contribution in [0, 0.1) is 3.57 Å². The van der Waals surface area contributed by atoms with E-state index in [0.717, 1.165) is 13.2 Å². The fourth-order valence-corrected chi connectivity index (χ4v) is 6.48. The van der Waals surface area contributed by atoms with Crippen molar-refractivity contribution >= 4 is 5.69 Å². The van der Waals surface area contributed by atoms with E-state index in [9.17, 15) is 0 Å². The number of para-hydroxylation sites is 1. The Morgan fingerprint density at radius 2 is 1.54 bits per heavy atom. The molecule has 0 radical (unpaired) electrons. The molecule has 0 spiro atoms. The van der Waals surface area contributed by atoms with Crippen LogP contribution in [0.3, 0.4) is 0 Å². The van der Waals surface area contributed by atoms with Crippen LogP contribution in [0.4, 0.5) is 5.69 Å². The molecular weight excluding hydrogens is 433 g/mol. The number of halogens is 1. The van der Waals surface area contributed by atoms with Crippen LogP contribution in [0.25, 0.3) is 11.1 Å². The second-order valence-electron chi connectivity index (χ2n) is 6.41. The zero-order chi connectivity index (χ0) is 17.8. The number of hydrogen-bond acceptors (Lipinski definition) is 2. The van der Waals surface area contributed by atoms with Gasteiger partial charge in [0.1, 0.15) is 0 Å². The molecule has 1 unspecified atom stereocenters. The third-order valence-electron chi connectivity index (χ3n) is 4.67. The molecule has 3 aromatic rings. The zero-order valence-electron chi connectivity index (χ0n) is 14.9. The van der Waals surface area contributed by atoms with Gasteiger partial charge in [0.15, 0.2) is 0 Å². The van der Waals surface area contributed by atoms with Gasteiger partial charge in [0, 0.05) is 0 Å². The van der Waals surface area contributed by atoms with E-state index >= 15 is 0 Å². The average molecular weight is 456 g/mol. The molecular formula is C23H23INO-. The normalized spacial score (nSPS) is 16.2. The minimum absolute atomic E-state index is 0.0802. The van der Waals surface area contributed by atoms with Crippen LogP contribution < -0.4 is 26.1 Å².